The van der Waals surface area contributed by atoms with Crippen LogP contribution in [0.5, 0.6) is 0 Å². The van der Waals surface area contributed by atoms with Crippen molar-refractivity contribution in [2.75, 3.05) is 11.9 Å². The molecule has 0 radical (unpaired) electrons. The Balaban J connectivity index is 2.08. The second-order valence-electron chi connectivity index (χ2n) is 5.74. The number of hydrogen-bond donors (Lipinski definition) is 3. The van der Waals surface area contributed by atoms with Gasteiger partial charge < -0.3 is 15.7 Å². The van der Waals surface area contributed by atoms with Gasteiger partial charge in [-0.05, 0) is 37.5 Å². The third kappa shape index (κ3) is 5.30. The fourth-order valence-electron chi connectivity index (χ4n) is 2.40. The highest BCUT2D eigenvalue weighted by Crippen LogP contribution is 2.20. The Morgan fingerprint density at radius 2 is 2.16 bits per heavy atom. The van der Waals surface area contributed by atoms with E-state index in [0.717, 1.165) is 24.1 Å². The summed E-state index contributed by atoms with van der Waals surface area (Å²) in [6, 6.07) is 3.47. The summed E-state index contributed by atoms with van der Waals surface area (Å²) in [6.45, 7) is 4.34. The van der Waals surface area contributed by atoms with Gasteiger partial charge in [-0.1, -0.05) is 13.3 Å². The second kappa shape index (κ2) is 8.81. The maximum atomic E-state index is 12.0. The van der Waals surface area contributed by atoms with Crippen LogP contribution in [-0.2, 0) is 11.2 Å². The molecule has 8 heteroatoms. The number of hydrogen-bond acceptors (Lipinski definition) is 4. The van der Waals surface area contributed by atoms with E-state index >= 15 is 0 Å². The minimum atomic E-state index is -0.876. The van der Waals surface area contributed by atoms with Crippen LogP contribution in [0.3, 0.4) is 0 Å². The largest absolute Gasteiger partial charge is 0.481 e. The molecule has 2 aromatic rings. The van der Waals surface area contributed by atoms with Crippen molar-refractivity contribution in [3.05, 3.63) is 35.8 Å². The Morgan fingerprint density at radius 1 is 1.36 bits per heavy atom. The fourth-order valence-corrected chi connectivity index (χ4v) is 2.40. The molecular weight excluding hydrogens is 322 g/mol. The number of urea groups is 1. The Bertz CT molecular complexity index is 742. The van der Waals surface area contributed by atoms with Gasteiger partial charge in [0.25, 0.3) is 0 Å². The van der Waals surface area contributed by atoms with Crippen molar-refractivity contribution in [2.24, 2.45) is 0 Å². The highest BCUT2D eigenvalue weighted by molar-refractivity contribution is 5.89. The number of anilines is 1. The van der Waals surface area contributed by atoms with Crippen LogP contribution >= 0.6 is 0 Å². The molecule has 0 aliphatic heterocycles. The van der Waals surface area contributed by atoms with Crippen LogP contribution in [0, 0.1) is 6.92 Å². The van der Waals surface area contributed by atoms with Crippen LogP contribution in [0.2, 0.25) is 0 Å². The van der Waals surface area contributed by atoms with E-state index in [1.54, 1.807) is 17.1 Å². The molecule has 2 rings (SSSR count). The first kappa shape index (κ1) is 18.4. The highest BCUT2D eigenvalue weighted by Gasteiger charge is 2.14. The molecule has 0 saturated carbocycles. The number of aromatic nitrogens is 3. The van der Waals surface area contributed by atoms with E-state index in [1.165, 1.54) is 0 Å². The van der Waals surface area contributed by atoms with E-state index in [9.17, 15) is 9.59 Å². The molecule has 0 fully saturated rings. The molecule has 0 spiro atoms. The normalized spacial score (nSPS) is 10.5. The van der Waals surface area contributed by atoms with Gasteiger partial charge in [0.05, 0.1) is 17.6 Å². The zero-order valence-electron chi connectivity index (χ0n) is 14.5. The molecule has 0 bridgehead atoms. The number of amides is 2. The van der Waals surface area contributed by atoms with Gasteiger partial charge in [-0.3, -0.25) is 4.79 Å². The average Bonchev–Trinajstić information content (AvgIpc) is 2.94. The number of carbonyl (C=O) groups excluding carboxylic acids is 1. The number of carboxylic acid groups (broad SMARTS) is 1. The number of pyridine rings is 1. The Kier molecular flexibility index (Phi) is 6.50. The van der Waals surface area contributed by atoms with E-state index in [4.69, 9.17) is 5.11 Å². The van der Waals surface area contributed by atoms with Crippen LogP contribution in [0.4, 0.5) is 10.5 Å². The summed E-state index contributed by atoms with van der Waals surface area (Å²) in [7, 11) is 0. The number of nitrogens with one attached hydrogen (secondary N) is 2. The van der Waals surface area contributed by atoms with Crippen LogP contribution in [0.25, 0.3) is 5.82 Å². The van der Waals surface area contributed by atoms with Crippen LogP contribution in [-0.4, -0.2) is 38.4 Å². The summed E-state index contributed by atoms with van der Waals surface area (Å²) in [5.41, 5.74) is 2.58. The predicted molar refractivity (Wildman–Crippen MR) is 94.0 cm³/mol. The van der Waals surface area contributed by atoms with Crippen LogP contribution in [0.15, 0.2) is 24.5 Å². The third-order valence-electron chi connectivity index (χ3n) is 3.57. The topological polar surface area (TPSA) is 109 Å². The first-order valence-electron chi connectivity index (χ1n) is 8.27. The predicted octanol–water partition coefficient (Wildman–Crippen LogP) is 2.51. The molecular formula is C17H23N5O3. The SMILES string of the molecule is CCCc1c(NC(=O)NCCCC(=O)O)cnn1-c1cc(C)ccn1. The van der Waals surface area contributed by atoms with Crippen molar-refractivity contribution < 1.29 is 14.7 Å². The first-order chi connectivity index (χ1) is 12.0. The minimum absolute atomic E-state index is 0.0261. The van der Waals surface area contributed by atoms with Crippen molar-refractivity contribution in [3.8, 4) is 5.82 Å². The maximum Gasteiger partial charge on any atom is 0.319 e. The molecule has 3 N–H and O–H groups in total. The highest BCUT2D eigenvalue weighted by atomic mass is 16.4. The van der Waals surface area contributed by atoms with Gasteiger partial charge >= 0.3 is 12.0 Å². The lowest BCUT2D eigenvalue weighted by molar-refractivity contribution is -0.137. The summed E-state index contributed by atoms with van der Waals surface area (Å²) in [5, 5.41) is 18.4. The summed E-state index contributed by atoms with van der Waals surface area (Å²) in [5.74, 6) is -0.169. The van der Waals surface area contributed by atoms with Gasteiger partial charge in [0.15, 0.2) is 5.82 Å². The maximum absolute atomic E-state index is 12.0. The Morgan fingerprint density at radius 3 is 2.84 bits per heavy atom. The van der Waals surface area contributed by atoms with E-state index in [2.05, 4.69) is 27.6 Å². The summed E-state index contributed by atoms with van der Waals surface area (Å²) in [6.07, 6.45) is 5.38. The van der Waals surface area contributed by atoms with Gasteiger partial charge in [-0.25, -0.2) is 14.5 Å². The smallest absolute Gasteiger partial charge is 0.319 e. The number of aliphatic carboxylic acids is 1. The molecule has 0 atom stereocenters. The van der Waals surface area contributed by atoms with E-state index in [1.807, 2.05) is 19.1 Å². The molecule has 2 aromatic heterocycles. The third-order valence-corrected chi connectivity index (χ3v) is 3.57. The molecule has 0 aliphatic rings. The lowest BCUT2D eigenvalue weighted by atomic mass is 10.2. The first-order valence-corrected chi connectivity index (χ1v) is 8.27. The molecule has 0 aromatic carbocycles. The molecule has 2 heterocycles. The van der Waals surface area contributed by atoms with Crippen molar-refractivity contribution in [2.45, 2.75) is 39.5 Å². The van der Waals surface area contributed by atoms with Crippen LogP contribution in [0.1, 0.15) is 37.4 Å². The standard InChI is InChI=1S/C17H23N5O3/c1-3-5-14-13(21-17(25)19-8-4-6-16(23)24)11-20-22(14)15-10-12(2)7-9-18-15/h7,9-11H,3-6,8H2,1-2H3,(H,23,24)(H2,19,21,25). The number of aryl methyl sites for hydroxylation is 1. The monoisotopic (exact) mass is 345 g/mol. The summed E-state index contributed by atoms with van der Waals surface area (Å²) < 4.78 is 1.73. The zero-order valence-corrected chi connectivity index (χ0v) is 14.5. The van der Waals surface area contributed by atoms with E-state index in [-0.39, 0.29) is 12.5 Å². The van der Waals surface area contributed by atoms with Gasteiger partial charge in [-0.15, -0.1) is 0 Å². The van der Waals surface area contributed by atoms with Gasteiger partial charge in [-0.2, -0.15) is 5.10 Å². The fraction of sp³-hybridized carbons (Fsp3) is 0.412. The van der Waals surface area contributed by atoms with Crippen molar-refractivity contribution in [1.82, 2.24) is 20.1 Å². The minimum Gasteiger partial charge on any atom is -0.481 e. The lowest BCUT2D eigenvalue weighted by Gasteiger charge is -2.10. The number of carboxylic acids is 1. The molecule has 2 amide bonds. The van der Waals surface area contributed by atoms with Crippen molar-refractivity contribution >= 4 is 17.7 Å². The second-order valence-corrected chi connectivity index (χ2v) is 5.74. The molecule has 0 aliphatic carbocycles. The number of carbonyl (C=O) groups is 2. The number of nitrogens with zero attached hydrogens (tertiary/aromatic N) is 3. The molecule has 134 valence electrons. The zero-order chi connectivity index (χ0) is 18.2. The Labute approximate surface area is 146 Å². The summed E-state index contributed by atoms with van der Waals surface area (Å²) in [4.78, 5) is 26.8. The van der Waals surface area contributed by atoms with Gasteiger partial charge in [0.1, 0.15) is 0 Å². The van der Waals surface area contributed by atoms with Gasteiger partial charge in [0.2, 0.25) is 0 Å². The molecule has 25 heavy (non-hydrogen) atoms. The molecule has 0 unspecified atom stereocenters. The van der Waals surface area contributed by atoms with E-state index < -0.39 is 5.97 Å². The van der Waals surface area contributed by atoms with Crippen LogP contribution < -0.4 is 10.6 Å². The van der Waals surface area contributed by atoms with Gasteiger partial charge in [0, 0.05) is 19.2 Å². The average molecular weight is 345 g/mol. The molecule has 8 nitrogen and oxygen atoms in total. The van der Waals surface area contributed by atoms with E-state index in [0.29, 0.717) is 24.5 Å². The quantitative estimate of drug-likeness (QED) is 0.637. The lowest BCUT2D eigenvalue weighted by Crippen LogP contribution is -2.30. The molecule has 0 saturated heterocycles. The summed E-state index contributed by atoms with van der Waals surface area (Å²) >= 11 is 0. The Hall–Kier alpha value is -2.90. The van der Waals surface area contributed by atoms with Crippen molar-refractivity contribution in [1.29, 1.82) is 0 Å². The van der Waals surface area contributed by atoms with Crippen molar-refractivity contribution in [3.63, 3.8) is 0 Å². The number of rotatable bonds is 8.